The number of aromatic nitrogens is 1. The van der Waals surface area contributed by atoms with Crippen LogP contribution in [0.4, 0.5) is 5.82 Å². The molecule has 2 aromatic rings. The largest absolute Gasteiger partial charge is 0.383 e. The van der Waals surface area contributed by atoms with Crippen molar-refractivity contribution in [3.05, 3.63) is 71.8 Å². The lowest BCUT2D eigenvalue weighted by Crippen LogP contribution is -2.06. The number of pyridine rings is 1. The molecule has 1 aliphatic rings. The number of carbonyl (C=O) groups is 1. The molecule has 2 N–H and O–H groups in total. The highest BCUT2D eigenvalue weighted by Crippen LogP contribution is 2.34. The number of nitrogens with two attached hydrogens (primary N) is 1. The predicted molar refractivity (Wildman–Crippen MR) is 85.1 cm³/mol. The summed E-state index contributed by atoms with van der Waals surface area (Å²) >= 11 is 0. The molecule has 0 spiro atoms. The molecular weight excluding hydrogens is 260 g/mol. The van der Waals surface area contributed by atoms with Crippen LogP contribution in [0.5, 0.6) is 0 Å². The zero-order chi connectivity index (χ0) is 14.7. The first-order valence-electron chi connectivity index (χ1n) is 6.94. The van der Waals surface area contributed by atoms with Crippen molar-refractivity contribution in [3.8, 4) is 11.3 Å². The lowest BCUT2D eigenvalue weighted by molar-refractivity contribution is 0.112. The number of hydrogen-bond acceptors (Lipinski definition) is 3. The van der Waals surface area contributed by atoms with E-state index in [9.17, 15) is 4.79 Å². The molecule has 1 aromatic carbocycles. The summed E-state index contributed by atoms with van der Waals surface area (Å²) in [6.45, 7) is 0. The van der Waals surface area contributed by atoms with E-state index in [0.717, 1.165) is 29.5 Å². The SMILES string of the molecule is Nc1nc(-c2ccccc2)c(C2C=CC=CC2)cc1C=O. The van der Waals surface area contributed by atoms with Crippen molar-refractivity contribution in [1.29, 1.82) is 0 Å². The standard InChI is InChI=1S/C18H16N2O/c19-18-15(12-21)11-16(13-7-3-1-4-8-13)17(20-18)14-9-5-2-6-10-14/h1-7,9-13H,8H2,(H2,19,20). The topological polar surface area (TPSA) is 56.0 Å². The second kappa shape index (κ2) is 5.75. The highest BCUT2D eigenvalue weighted by Gasteiger charge is 2.18. The molecule has 0 amide bonds. The van der Waals surface area contributed by atoms with Crippen LogP contribution in [0.3, 0.4) is 0 Å². The van der Waals surface area contributed by atoms with Crippen LogP contribution in [-0.2, 0) is 0 Å². The van der Waals surface area contributed by atoms with Crippen molar-refractivity contribution in [2.24, 2.45) is 0 Å². The minimum absolute atomic E-state index is 0.219. The number of hydrogen-bond donors (Lipinski definition) is 1. The molecular formula is C18H16N2O. The highest BCUT2D eigenvalue weighted by atomic mass is 16.1. The Labute approximate surface area is 123 Å². The molecule has 1 heterocycles. The predicted octanol–water partition coefficient (Wildman–Crippen LogP) is 3.74. The Balaban J connectivity index is 2.17. The van der Waals surface area contributed by atoms with Gasteiger partial charge in [-0.3, -0.25) is 4.79 Å². The van der Waals surface area contributed by atoms with Crippen LogP contribution >= 0.6 is 0 Å². The van der Waals surface area contributed by atoms with E-state index >= 15 is 0 Å². The average molecular weight is 276 g/mol. The molecule has 0 fully saturated rings. The molecule has 3 rings (SSSR count). The number of anilines is 1. The van der Waals surface area contributed by atoms with E-state index in [2.05, 4.69) is 17.1 Å². The van der Waals surface area contributed by atoms with Gasteiger partial charge in [0.25, 0.3) is 0 Å². The fourth-order valence-electron chi connectivity index (χ4n) is 2.57. The van der Waals surface area contributed by atoms with Gasteiger partial charge in [-0.05, 0) is 18.1 Å². The summed E-state index contributed by atoms with van der Waals surface area (Å²) in [5, 5.41) is 0. The summed E-state index contributed by atoms with van der Waals surface area (Å²) in [6, 6.07) is 11.8. The van der Waals surface area contributed by atoms with Gasteiger partial charge in [-0.25, -0.2) is 4.98 Å². The Morgan fingerprint density at radius 2 is 2.00 bits per heavy atom. The van der Waals surface area contributed by atoms with Crippen LogP contribution in [0.15, 0.2) is 60.7 Å². The Morgan fingerprint density at radius 1 is 1.19 bits per heavy atom. The maximum atomic E-state index is 11.2. The van der Waals surface area contributed by atoms with Crippen LogP contribution < -0.4 is 5.73 Å². The summed E-state index contributed by atoms with van der Waals surface area (Å²) in [6.07, 6.45) is 9.98. The quantitative estimate of drug-likeness (QED) is 0.869. The zero-order valence-corrected chi connectivity index (χ0v) is 11.6. The van der Waals surface area contributed by atoms with Crippen molar-refractivity contribution in [2.45, 2.75) is 12.3 Å². The summed E-state index contributed by atoms with van der Waals surface area (Å²) in [5.74, 6) is 0.500. The smallest absolute Gasteiger partial charge is 0.153 e. The second-order valence-corrected chi connectivity index (χ2v) is 5.04. The summed E-state index contributed by atoms with van der Waals surface area (Å²) in [4.78, 5) is 15.6. The molecule has 1 aromatic heterocycles. The minimum Gasteiger partial charge on any atom is -0.383 e. The molecule has 1 unspecified atom stereocenters. The van der Waals surface area contributed by atoms with Gasteiger partial charge in [0.2, 0.25) is 0 Å². The van der Waals surface area contributed by atoms with Crippen LogP contribution in [-0.4, -0.2) is 11.3 Å². The summed E-state index contributed by atoms with van der Waals surface area (Å²) in [7, 11) is 0. The van der Waals surface area contributed by atoms with E-state index < -0.39 is 0 Å². The van der Waals surface area contributed by atoms with E-state index in [1.54, 1.807) is 0 Å². The van der Waals surface area contributed by atoms with Gasteiger partial charge in [0.05, 0.1) is 11.3 Å². The molecule has 0 saturated carbocycles. The molecule has 1 atom stereocenters. The number of carbonyl (C=O) groups excluding carboxylic acids is 1. The number of nitrogens with zero attached hydrogens (tertiary/aromatic N) is 1. The van der Waals surface area contributed by atoms with Gasteiger partial charge in [0.1, 0.15) is 5.82 Å². The van der Waals surface area contributed by atoms with E-state index in [1.807, 2.05) is 48.6 Å². The van der Waals surface area contributed by atoms with Crippen LogP contribution in [0.25, 0.3) is 11.3 Å². The molecule has 3 heteroatoms. The zero-order valence-electron chi connectivity index (χ0n) is 11.6. The van der Waals surface area contributed by atoms with Crippen molar-refractivity contribution in [1.82, 2.24) is 4.98 Å². The fourth-order valence-corrected chi connectivity index (χ4v) is 2.57. The number of aldehydes is 1. The number of rotatable bonds is 3. The summed E-state index contributed by atoms with van der Waals surface area (Å²) < 4.78 is 0. The normalized spacial score (nSPS) is 16.9. The van der Waals surface area contributed by atoms with E-state index in [-0.39, 0.29) is 11.7 Å². The van der Waals surface area contributed by atoms with E-state index in [0.29, 0.717) is 5.56 Å². The molecule has 0 aliphatic heterocycles. The minimum atomic E-state index is 0.219. The third-order valence-electron chi connectivity index (χ3n) is 3.67. The maximum absolute atomic E-state index is 11.2. The number of benzene rings is 1. The van der Waals surface area contributed by atoms with Gasteiger partial charge in [-0.15, -0.1) is 0 Å². The lowest BCUT2D eigenvalue weighted by Gasteiger charge is -2.18. The van der Waals surface area contributed by atoms with Crippen LogP contribution in [0.2, 0.25) is 0 Å². The third kappa shape index (κ3) is 2.63. The summed E-state index contributed by atoms with van der Waals surface area (Å²) in [5.41, 5.74) is 9.25. The average Bonchev–Trinajstić information content (AvgIpc) is 2.56. The Hall–Kier alpha value is -2.68. The van der Waals surface area contributed by atoms with Gasteiger partial charge in [0, 0.05) is 11.5 Å². The Morgan fingerprint density at radius 3 is 2.67 bits per heavy atom. The maximum Gasteiger partial charge on any atom is 0.153 e. The lowest BCUT2D eigenvalue weighted by atomic mass is 9.88. The monoisotopic (exact) mass is 276 g/mol. The third-order valence-corrected chi connectivity index (χ3v) is 3.67. The molecule has 0 radical (unpaired) electrons. The Kier molecular flexibility index (Phi) is 3.65. The number of nitrogen functional groups attached to an aromatic ring is 1. The molecule has 104 valence electrons. The van der Waals surface area contributed by atoms with Gasteiger partial charge in [-0.2, -0.15) is 0 Å². The van der Waals surface area contributed by atoms with Crippen LogP contribution in [0.1, 0.15) is 28.3 Å². The van der Waals surface area contributed by atoms with Crippen molar-refractivity contribution >= 4 is 12.1 Å². The van der Waals surface area contributed by atoms with E-state index in [1.165, 1.54) is 0 Å². The first-order valence-corrected chi connectivity index (χ1v) is 6.94. The highest BCUT2D eigenvalue weighted by molar-refractivity contribution is 5.84. The fraction of sp³-hybridized carbons (Fsp3) is 0.111. The van der Waals surface area contributed by atoms with Crippen molar-refractivity contribution in [2.75, 3.05) is 5.73 Å². The van der Waals surface area contributed by atoms with Crippen molar-refractivity contribution < 1.29 is 4.79 Å². The number of allylic oxidation sites excluding steroid dienone is 4. The van der Waals surface area contributed by atoms with Gasteiger partial charge < -0.3 is 5.73 Å². The molecule has 0 bridgehead atoms. The van der Waals surface area contributed by atoms with Crippen molar-refractivity contribution in [3.63, 3.8) is 0 Å². The first kappa shape index (κ1) is 13.3. The second-order valence-electron chi connectivity index (χ2n) is 5.04. The van der Waals surface area contributed by atoms with Gasteiger partial charge in [-0.1, -0.05) is 54.6 Å². The molecule has 3 nitrogen and oxygen atoms in total. The van der Waals surface area contributed by atoms with Gasteiger partial charge >= 0.3 is 0 Å². The molecule has 0 saturated heterocycles. The molecule has 1 aliphatic carbocycles. The van der Waals surface area contributed by atoms with E-state index in [4.69, 9.17) is 5.73 Å². The van der Waals surface area contributed by atoms with Crippen LogP contribution in [0, 0.1) is 0 Å². The molecule has 21 heavy (non-hydrogen) atoms. The first-order chi connectivity index (χ1) is 10.3. The van der Waals surface area contributed by atoms with Gasteiger partial charge in [0.15, 0.2) is 6.29 Å². The Bertz CT molecular complexity index is 717.